The maximum atomic E-state index is 10.6. The molecule has 0 spiro atoms. The molecule has 7 heteroatoms. The van der Waals surface area contributed by atoms with Crippen LogP contribution in [0.25, 0.3) is 0 Å². The average molecular weight is 242 g/mol. The summed E-state index contributed by atoms with van der Waals surface area (Å²) >= 11 is 0. The zero-order valence-electron chi connectivity index (χ0n) is 9.05. The van der Waals surface area contributed by atoms with Gasteiger partial charge in [-0.3, -0.25) is 0 Å². The van der Waals surface area contributed by atoms with Crippen LogP contribution in [0.5, 0.6) is 0 Å². The van der Waals surface area contributed by atoms with E-state index in [0.29, 0.717) is 0 Å². The van der Waals surface area contributed by atoms with Gasteiger partial charge in [0.05, 0.1) is 0 Å². The van der Waals surface area contributed by atoms with Crippen molar-refractivity contribution >= 4 is 11.9 Å². The zero-order valence-corrected chi connectivity index (χ0v) is 9.05. The third kappa shape index (κ3) is 7.84. The SMILES string of the molecule is C=C(C(=O)O)C(C)(C)C.O=C(O)C(F)(F)F. The first-order valence-corrected chi connectivity index (χ1v) is 4.03. The standard InChI is InChI=1S/C7H12O2.C2HF3O2/c1-5(6(8)9)7(2,3)4;3-2(4,5)1(6)7/h1H2,2-4H3,(H,8,9);(H,6,7). The number of carboxylic acids is 2. The molecule has 0 unspecified atom stereocenters. The number of rotatable bonds is 1. The molecule has 0 saturated heterocycles. The van der Waals surface area contributed by atoms with Gasteiger partial charge in [0.25, 0.3) is 0 Å². The van der Waals surface area contributed by atoms with Crippen LogP contribution >= 0.6 is 0 Å². The first-order valence-electron chi connectivity index (χ1n) is 4.03. The lowest BCUT2D eigenvalue weighted by molar-refractivity contribution is -0.192. The van der Waals surface area contributed by atoms with E-state index in [1.807, 2.05) is 20.8 Å². The smallest absolute Gasteiger partial charge is 0.478 e. The molecule has 0 fully saturated rings. The van der Waals surface area contributed by atoms with Gasteiger partial charge in [0.2, 0.25) is 0 Å². The lowest BCUT2D eigenvalue weighted by Crippen LogP contribution is -2.21. The van der Waals surface area contributed by atoms with Crippen LogP contribution in [0.1, 0.15) is 20.8 Å². The summed E-state index contributed by atoms with van der Waals surface area (Å²) in [6.07, 6.45) is -5.08. The number of hydrogen-bond donors (Lipinski definition) is 2. The van der Waals surface area contributed by atoms with E-state index < -0.39 is 18.1 Å². The second kappa shape index (κ2) is 5.53. The monoisotopic (exact) mass is 242 g/mol. The van der Waals surface area contributed by atoms with Crippen LogP contribution in [0.3, 0.4) is 0 Å². The number of halogens is 3. The minimum atomic E-state index is -5.08. The largest absolute Gasteiger partial charge is 0.490 e. The lowest BCUT2D eigenvalue weighted by Gasteiger charge is -2.17. The fourth-order valence-electron chi connectivity index (χ4n) is 0.321. The fraction of sp³-hybridized carbons (Fsp3) is 0.556. The molecule has 2 N–H and O–H groups in total. The van der Waals surface area contributed by atoms with Gasteiger partial charge in [-0.2, -0.15) is 13.2 Å². The summed E-state index contributed by atoms with van der Waals surface area (Å²) in [6, 6.07) is 0. The Morgan fingerprint density at radius 3 is 1.31 bits per heavy atom. The van der Waals surface area contributed by atoms with Crippen molar-refractivity contribution < 1.29 is 33.0 Å². The highest BCUT2D eigenvalue weighted by Crippen LogP contribution is 2.22. The molecule has 16 heavy (non-hydrogen) atoms. The van der Waals surface area contributed by atoms with Gasteiger partial charge < -0.3 is 10.2 Å². The first-order chi connectivity index (χ1) is 6.80. The molecule has 94 valence electrons. The number of aliphatic carboxylic acids is 2. The second-order valence-electron chi connectivity index (χ2n) is 3.84. The molecular weight excluding hydrogens is 229 g/mol. The van der Waals surface area contributed by atoms with E-state index in [-0.39, 0.29) is 11.0 Å². The van der Waals surface area contributed by atoms with Crippen LogP contribution < -0.4 is 0 Å². The van der Waals surface area contributed by atoms with Crippen molar-refractivity contribution in [3.63, 3.8) is 0 Å². The molecule has 0 aromatic rings. The quantitative estimate of drug-likeness (QED) is 0.692. The summed E-state index contributed by atoms with van der Waals surface area (Å²) in [5, 5.41) is 15.5. The molecule has 0 saturated carbocycles. The molecule has 0 aromatic carbocycles. The predicted molar refractivity (Wildman–Crippen MR) is 49.9 cm³/mol. The Balaban J connectivity index is 0. The Bertz CT molecular complexity index is 286. The maximum absolute atomic E-state index is 10.6. The maximum Gasteiger partial charge on any atom is 0.490 e. The van der Waals surface area contributed by atoms with Crippen molar-refractivity contribution in [3.05, 3.63) is 12.2 Å². The summed E-state index contributed by atoms with van der Waals surface area (Å²) in [4.78, 5) is 19.1. The van der Waals surface area contributed by atoms with Gasteiger partial charge in [-0.25, -0.2) is 9.59 Å². The van der Waals surface area contributed by atoms with Crippen LogP contribution in [-0.4, -0.2) is 28.3 Å². The van der Waals surface area contributed by atoms with Gasteiger partial charge in [0.15, 0.2) is 0 Å². The summed E-state index contributed by atoms with van der Waals surface area (Å²) in [5.41, 5.74) is -0.0613. The molecule has 0 aliphatic carbocycles. The van der Waals surface area contributed by atoms with Crippen LogP contribution in [0.15, 0.2) is 12.2 Å². The van der Waals surface area contributed by atoms with Crippen molar-refractivity contribution in [1.82, 2.24) is 0 Å². The van der Waals surface area contributed by atoms with Crippen molar-refractivity contribution in [1.29, 1.82) is 0 Å². The molecule has 0 atom stereocenters. The molecule has 0 aliphatic rings. The van der Waals surface area contributed by atoms with E-state index in [9.17, 15) is 18.0 Å². The number of alkyl halides is 3. The van der Waals surface area contributed by atoms with E-state index in [1.54, 1.807) is 0 Å². The second-order valence-corrected chi connectivity index (χ2v) is 3.84. The minimum absolute atomic E-state index is 0.252. The Morgan fingerprint density at radius 2 is 1.31 bits per heavy atom. The molecule has 0 aromatic heterocycles. The van der Waals surface area contributed by atoms with Gasteiger partial charge in [-0.1, -0.05) is 27.4 Å². The van der Waals surface area contributed by atoms with Gasteiger partial charge in [0.1, 0.15) is 0 Å². The molecule has 0 amide bonds. The highest BCUT2D eigenvalue weighted by atomic mass is 19.4. The van der Waals surface area contributed by atoms with Gasteiger partial charge in [-0.05, 0) is 5.41 Å². The topological polar surface area (TPSA) is 74.6 Å². The molecule has 0 radical (unpaired) electrons. The molecule has 0 heterocycles. The third-order valence-electron chi connectivity index (χ3n) is 1.41. The van der Waals surface area contributed by atoms with Crippen LogP contribution in [0.4, 0.5) is 13.2 Å². The molecule has 0 bridgehead atoms. The van der Waals surface area contributed by atoms with Crippen LogP contribution in [0, 0.1) is 5.41 Å². The lowest BCUT2D eigenvalue weighted by atomic mass is 9.88. The number of carbonyl (C=O) groups is 2. The van der Waals surface area contributed by atoms with Crippen LogP contribution in [0.2, 0.25) is 0 Å². The predicted octanol–water partition coefficient (Wildman–Crippen LogP) is 2.31. The number of carboxylic acid groups (broad SMARTS) is 2. The minimum Gasteiger partial charge on any atom is -0.478 e. The Hall–Kier alpha value is -1.53. The van der Waals surface area contributed by atoms with Gasteiger partial charge >= 0.3 is 18.1 Å². The van der Waals surface area contributed by atoms with Gasteiger partial charge in [-0.15, -0.1) is 0 Å². The van der Waals surface area contributed by atoms with Crippen LogP contribution in [-0.2, 0) is 9.59 Å². The van der Waals surface area contributed by atoms with E-state index in [1.165, 1.54) is 0 Å². The summed E-state index contributed by atoms with van der Waals surface area (Å²) in [5.74, 6) is -3.67. The summed E-state index contributed by atoms with van der Waals surface area (Å²) in [6.45, 7) is 8.89. The zero-order chi connectivity index (χ0) is 13.7. The van der Waals surface area contributed by atoms with Crippen molar-refractivity contribution in [2.24, 2.45) is 5.41 Å². The van der Waals surface area contributed by atoms with E-state index in [0.717, 1.165) is 0 Å². The van der Waals surface area contributed by atoms with Gasteiger partial charge in [0, 0.05) is 5.57 Å². The van der Waals surface area contributed by atoms with Crippen molar-refractivity contribution in [3.8, 4) is 0 Å². The van der Waals surface area contributed by atoms with E-state index >= 15 is 0 Å². The van der Waals surface area contributed by atoms with E-state index in [4.69, 9.17) is 15.0 Å². The Morgan fingerprint density at radius 1 is 1.06 bits per heavy atom. The number of hydrogen-bond acceptors (Lipinski definition) is 2. The summed E-state index contributed by atoms with van der Waals surface area (Å²) in [7, 11) is 0. The highest BCUT2D eigenvalue weighted by molar-refractivity contribution is 5.87. The summed E-state index contributed by atoms with van der Waals surface area (Å²) < 4.78 is 31.7. The molecule has 4 nitrogen and oxygen atoms in total. The average Bonchev–Trinajstić information content (AvgIpc) is 2.00. The third-order valence-corrected chi connectivity index (χ3v) is 1.41. The molecule has 0 aliphatic heterocycles. The fourth-order valence-corrected chi connectivity index (χ4v) is 0.321. The van der Waals surface area contributed by atoms with Crippen molar-refractivity contribution in [2.45, 2.75) is 26.9 Å². The normalized spacial score (nSPS) is 11.1. The highest BCUT2D eigenvalue weighted by Gasteiger charge is 2.38. The van der Waals surface area contributed by atoms with E-state index in [2.05, 4.69) is 6.58 Å². The van der Waals surface area contributed by atoms with Crippen molar-refractivity contribution in [2.75, 3.05) is 0 Å². The molecule has 0 rings (SSSR count). The Kier molecular flexibility index (Phi) is 5.83. The molecular formula is C9H13F3O4. The first kappa shape index (κ1) is 16.9. The Labute approximate surface area is 90.4 Å².